The first-order valence-electron chi connectivity index (χ1n) is 8.55. The third-order valence-corrected chi connectivity index (χ3v) is 5.46. The molecule has 24 heavy (non-hydrogen) atoms. The molecular weight excluding hydrogens is 324 g/mol. The third kappa shape index (κ3) is 4.72. The number of nitrogens with zero attached hydrogens (tertiary/aromatic N) is 2. The molecule has 0 bridgehead atoms. The molecule has 0 aromatic heterocycles. The van der Waals surface area contributed by atoms with Gasteiger partial charge in [-0.15, -0.1) is 0 Å². The Labute approximate surface area is 148 Å². The average molecular weight is 350 g/mol. The van der Waals surface area contributed by atoms with Crippen LogP contribution in [-0.2, 0) is 16.0 Å². The van der Waals surface area contributed by atoms with E-state index < -0.39 is 0 Å². The fourth-order valence-corrected chi connectivity index (χ4v) is 3.89. The van der Waals surface area contributed by atoms with Gasteiger partial charge in [-0.2, -0.15) is 0 Å². The van der Waals surface area contributed by atoms with Gasteiger partial charge in [0, 0.05) is 45.2 Å². The normalized spacial score (nSPS) is 24.9. The molecule has 132 valence electrons. The molecule has 0 saturated carbocycles. The third-order valence-electron chi connectivity index (χ3n) is 4.43. The van der Waals surface area contributed by atoms with Crippen molar-refractivity contribution in [3.63, 3.8) is 0 Å². The molecule has 2 aliphatic rings. The summed E-state index contributed by atoms with van der Waals surface area (Å²) in [7, 11) is 3.55. The maximum absolute atomic E-state index is 11.9. The zero-order valence-electron chi connectivity index (χ0n) is 14.4. The number of morpholine rings is 1. The summed E-state index contributed by atoms with van der Waals surface area (Å²) in [5.41, 5.74) is 1.24. The van der Waals surface area contributed by atoms with Crippen LogP contribution in [0.2, 0.25) is 0 Å². The SMILES string of the molecule is CN(C)C(=O)Sc1cccc(CN2CCOC(C3CCCO3)C2)c1. The van der Waals surface area contributed by atoms with Crippen LogP contribution < -0.4 is 0 Å². The Balaban J connectivity index is 1.57. The first-order valence-corrected chi connectivity index (χ1v) is 9.37. The molecule has 1 aromatic carbocycles. The van der Waals surface area contributed by atoms with E-state index >= 15 is 0 Å². The maximum Gasteiger partial charge on any atom is 0.285 e. The van der Waals surface area contributed by atoms with E-state index in [4.69, 9.17) is 9.47 Å². The number of hydrogen-bond acceptors (Lipinski definition) is 5. The standard InChI is InChI=1S/C18H26N2O3S/c1-19(2)18(21)24-15-6-3-5-14(11-15)12-20-8-10-23-17(13-20)16-7-4-9-22-16/h3,5-6,11,16-17H,4,7-10,12-13H2,1-2H3. The van der Waals surface area contributed by atoms with E-state index in [0.29, 0.717) is 0 Å². The fourth-order valence-electron chi connectivity index (χ4n) is 3.15. The van der Waals surface area contributed by atoms with Gasteiger partial charge >= 0.3 is 0 Å². The van der Waals surface area contributed by atoms with Gasteiger partial charge in [0.25, 0.3) is 5.24 Å². The zero-order chi connectivity index (χ0) is 16.9. The summed E-state index contributed by atoms with van der Waals surface area (Å²) in [6.07, 6.45) is 2.70. The van der Waals surface area contributed by atoms with Crippen molar-refractivity contribution in [2.45, 2.75) is 36.5 Å². The zero-order valence-corrected chi connectivity index (χ0v) is 15.3. The molecule has 2 heterocycles. The highest BCUT2D eigenvalue weighted by Crippen LogP contribution is 2.24. The Bertz CT molecular complexity index is 561. The number of ether oxygens (including phenoxy) is 2. The van der Waals surface area contributed by atoms with Crippen LogP contribution in [0.3, 0.4) is 0 Å². The van der Waals surface area contributed by atoms with E-state index in [-0.39, 0.29) is 17.4 Å². The number of thioether (sulfide) groups is 1. The lowest BCUT2D eigenvalue weighted by molar-refractivity contribution is -0.0960. The van der Waals surface area contributed by atoms with Crippen LogP contribution >= 0.6 is 11.8 Å². The largest absolute Gasteiger partial charge is 0.375 e. The topological polar surface area (TPSA) is 42.0 Å². The Kier molecular flexibility index (Phi) is 6.16. The molecule has 2 fully saturated rings. The van der Waals surface area contributed by atoms with Crippen LogP contribution in [0.25, 0.3) is 0 Å². The molecule has 2 unspecified atom stereocenters. The fraction of sp³-hybridized carbons (Fsp3) is 0.611. The first-order chi connectivity index (χ1) is 11.6. The lowest BCUT2D eigenvalue weighted by Gasteiger charge is -2.35. The van der Waals surface area contributed by atoms with Crippen LogP contribution in [0.1, 0.15) is 18.4 Å². The van der Waals surface area contributed by atoms with Gasteiger partial charge in [0.1, 0.15) is 0 Å². The highest BCUT2D eigenvalue weighted by Gasteiger charge is 2.31. The predicted octanol–water partition coefficient (Wildman–Crippen LogP) is 2.84. The maximum atomic E-state index is 11.9. The minimum atomic E-state index is 0.0527. The molecule has 0 radical (unpaired) electrons. The van der Waals surface area contributed by atoms with Crippen molar-refractivity contribution in [2.24, 2.45) is 0 Å². The Morgan fingerprint density at radius 3 is 2.88 bits per heavy atom. The van der Waals surface area contributed by atoms with E-state index in [1.54, 1.807) is 19.0 Å². The summed E-state index contributed by atoms with van der Waals surface area (Å²) in [4.78, 5) is 16.9. The van der Waals surface area contributed by atoms with Crippen LogP contribution in [-0.4, -0.2) is 67.6 Å². The van der Waals surface area contributed by atoms with Gasteiger partial charge < -0.3 is 14.4 Å². The highest BCUT2D eigenvalue weighted by molar-refractivity contribution is 8.13. The Morgan fingerprint density at radius 2 is 2.12 bits per heavy atom. The predicted molar refractivity (Wildman–Crippen MR) is 95.4 cm³/mol. The second-order valence-electron chi connectivity index (χ2n) is 6.61. The smallest absolute Gasteiger partial charge is 0.285 e. The molecule has 0 N–H and O–H groups in total. The molecule has 3 rings (SSSR count). The summed E-state index contributed by atoms with van der Waals surface area (Å²) >= 11 is 1.27. The van der Waals surface area contributed by atoms with Crippen LogP contribution in [0.5, 0.6) is 0 Å². The van der Waals surface area contributed by atoms with Crippen LogP contribution in [0.15, 0.2) is 29.2 Å². The monoisotopic (exact) mass is 350 g/mol. The number of hydrogen-bond donors (Lipinski definition) is 0. The minimum absolute atomic E-state index is 0.0527. The van der Waals surface area contributed by atoms with Crippen LogP contribution in [0.4, 0.5) is 4.79 Å². The van der Waals surface area contributed by atoms with Gasteiger partial charge in [-0.05, 0) is 42.3 Å². The molecular formula is C18H26N2O3S. The molecule has 1 amide bonds. The van der Waals surface area contributed by atoms with Crippen molar-refractivity contribution >= 4 is 17.0 Å². The van der Waals surface area contributed by atoms with E-state index in [2.05, 4.69) is 17.0 Å². The average Bonchev–Trinajstić information content (AvgIpc) is 3.10. The summed E-state index contributed by atoms with van der Waals surface area (Å²) in [6.45, 7) is 4.37. The first kappa shape index (κ1) is 17.7. The van der Waals surface area contributed by atoms with E-state index in [0.717, 1.165) is 50.6 Å². The second-order valence-corrected chi connectivity index (χ2v) is 7.63. The quantitative estimate of drug-likeness (QED) is 0.781. The molecule has 2 saturated heterocycles. The second kappa shape index (κ2) is 8.34. The van der Waals surface area contributed by atoms with Gasteiger partial charge in [-0.25, -0.2) is 0 Å². The summed E-state index contributed by atoms with van der Waals surface area (Å²) in [5, 5.41) is 0.0527. The van der Waals surface area contributed by atoms with Crippen LogP contribution in [0, 0.1) is 0 Å². The molecule has 5 nitrogen and oxygen atoms in total. The lowest BCUT2D eigenvalue weighted by atomic mass is 10.1. The minimum Gasteiger partial charge on any atom is -0.375 e. The number of carbonyl (C=O) groups is 1. The lowest BCUT2D eigenvalue weighted by Crippen LogP contribution is -2.47. The van der Waals surface area contributed by atoms with Crippen molar-refractivity contribution in [1.82, 2.24) is 9.80 Å². The van der Waals surface area contributed by atoms with Crippen molar-refractivity contribution in [1.29, 1.82) is 0 Å². The molecule has 6 heteroatoms. The van der Waals surface area contributed by atoms with Gasteiger partial charge in [-0.3, -0.25) is 9.69 Å². The Hall–Kier alpha value is -1.08. The Morgan fingerprint density at radius 1 is 1.29 bits per heavy atom. The van der Waals surface area contributed by atoms with Crippen molar-refractivity contribution in [3.05, 3.63) is 29.8 Å². The number of amides is 1. The van der Waals surface area contributed by atoms with Gasteiger partial charge in [0.05, 0.1) is 18.8 Å². The molecule has 0 spiro atoms. The molecule has 2 aliphatic heterocycles. The van der Waals surface area contributed by atoms with Crippen molar-refractivity contribution in [3.8, 4) is 0 Å². The molecule has 0 aliphatic carbocycles. The van der Waals surface area contributed by atoms with E-state index in [9.17, 15) is 4.79 Å². The molecule has 2 atom stereocenters. The number of benzene rings is 1. The van der Waals surface area contributed by atoms with E-state index in [1.165, 1.54) is 17.3 Å². The summed E-state index contributed by atoms with van der Waals surface area (Å²) in [5.74, 6) is 0. The van der Waals surface area contributed by atoms with Gasteiger partial charge in [0.2, 0.25) is 0 Å². The highest BCUT2D eigenvalue weighted by atomic mass is 32.2. The van der Waals surface area contributed by atoms with Crippen molar-refractivity contribution < 1.29 is 14.3 Å². The van der Waals surface area contributed by atoms with Gasteiger partial charge in [-0.1, -0.05) is 12.1 Å². The van der Waals surface area contributed by atoms with E-state index in [1.807, 2.05) is 12.1 Å². The number of rotatable bonds is 4. The summed E-state index contributed by atoms with van der Waals surface area (Å²) in [6, 6.07) is 8.26. The van der Waals surface area contributed by atoms with Gasteiger partial charge in [0.15, 0.2) is 0 Å². The number of carbonyl (C=O) groups excluding carboxylic acids is 1. The summed E-state index contributed by atoms with van der Waals surface area (Å²) < 4.78 is 11.7. The van der Waals surface area contributed by atoms with Crippen molar-refractivity contribution in [2.75, 3.05) is 40.4 Å². The molecule has 1 aromatic rings.